The molecule has 0 bridgehead atoms. The number of benzene rings is 1. The number of aromatic nitrogens is 2. The molecule has 9 heteroatoms. The smallest absolute Gasteiger partial charge is 0.292 e. The number of amides is 2. The largest absolute Gasteiger partial charge is 0.352 e. The standard InChI is InChI=1S/C25H28FN5O3/c1-14-12-31(15(2)11-30(14)13-17-5-7-18(26)8-6-17)25(34)19-9-20-21(22(32)24(33)27-4)10-28-23(20)29-16(19)3/h5-10,14-15H,11-13H2,1-4H3,(H,27,33)(H,28,29)/t14-,15+/m0/s1. The monoisotopic (exact) mass is 465 g/mol. The van der Waals surface area contributed by atoms with Gasteiger partial charge in [-0.1, -0.05) is 12.1 Å². The van der Waals surface area contributed by atoms with Gasteiger partial charge in [-0.25, -0.2) is 9.37 Å². The van der Waals surface area contributed by atoms with Crippen molar-refractivity contribution < 1.29 is 18.8 Å². The molecule has 0 spiro atoms. The highest BCUT2D eigenvalue weighted by Crippen LogP contribution is 2.25. The van der Waals surface area contributed by atoms with Crippen molar-refractivity contribution in [3.05, 3.63) is 64.7 Å². The second-order valence-corrected chi connectivity index (χ2v) is 8.84. The van der Waals surface area contributed by atoms with E-state index in [1.807, 2.05) is 11.8 Å². The van der Waals surface area contributed by atoms with E-state index in [0.717, 1.165) is 5.56 Å². The molecule has 3 heterocycles. The Balaban J connectivity index is 1.57. The molecule has 0 radical (unpaired) electrons. The third-order valence-electron chi connectivity index (χ3n) is 6.44. The van der Waals surface area contributed by atoms with E-state index in [2.05, 4.69) is 27.1 Å². The lowest BCUT2D eigenvalue weighted by Crippen LogP contribution is -2.57. The van der Waals surface area contributed by atoms with Crippen LogP contribution in [0.25, 0.3) is 11.0 Å². The zero-order valence-corrected chi connectivity index (χ0v) is 19.7. The fourth-order valence-corrected chi connectivity index (χ4v) is 4.46. The highest BCUT2D eigenvalue weighted by atomic mass is 19.1. The molecule has 2 aromatic heterocycles. The maximum absolute atomic E-state index is 13.6. The van der Waals surface area contributed by atoms with Gasteiger partial charge in [0.05, 0.1) is 16.8 Å². The van der Waals surface area contributed by atoms with Gasteiger partial charge in [0.2, 0.25) is 0 Å². The Kier molecular flexibility index (Phi) is 6.47. The number of H-pyrrole nitrogens is 1. The molecule has 1 aliphatic rings. The van der Waals surface area contributed by atoms with Gasteiger partial charge in [-0.3, -0.25) is 19.3 Å². The molecule has 178 valence electrons. The molecule has 1 aliphatic heterocycles. The van der Waals surface area contributed by atoms with Gasteiger partial charge < -0.3 is 15.2 Å². The average molecular weight is 466 g/mol. The van der Waals surface area contributed by atoms with Crippen LogP contribution in [0.4, 0.5) is 4.39 Å². The van der Waals surface area contributed by atoms with E-state index in [4.69, 9.17) is 0 Å². The molecule has 0 unspecified atom stereocenters. The number of rotatable bonds is 5. The Morgan fingerprint density at radius 2 is 1.82 bits per heavy atom. The molecule has 1 fully saturated rings. The molecule has 2 N–H and O–H groups in total. The number of nitrogens with zero attached hydrogens (tertiary/aromatic N) is 3. The van der Waals surface area contributed by atoms with E-state index in [-0.39, 0.29) is 29.4 Å². The Morgan fingerprint density at radius 3 is 2.50 bits per heavy atom. The number of hydrogen-bond donors (Lipinski definition) is 2. The quantitative estimate of drug-likeness (QED) is 0.446. The summed E-state index contributed by atoms with van der Waals surface area (Å²) in [5.74, 6) is -1.83. The van der Waals surface area contributed by atoms with Crippen LogP contribution in [0.5, 0.6) is 0 Å². The number of aryl methyl sites for hydroxylation is 1. The Hall–Kier alpha value is -3.59. The Bertz CT molecular complexity index is 1250. The SMILES string of the molecule is CNC(=O)C(=O)c1c[nH]c2nc(C)c(C(=O)N3C[C@H](C)N(Cc4ccc(F)cc4)C[C@H]3C)cc12. The van der Waals surface area contributed by atoms with Crippen molar-refractivity contribution in [2.75, 3.05) is 20.1 Å². The van der Waals surface area contributed by atoms with Crippen LogP contribution in [-0.4, -0.2) is 69.6 Å². The first-order valence-corrected chi connectivity index (χ1v) is 11.2. The number of carbonyl (C=O) groups is 3. The average Bonchev–Trinajstić information content (AvgIpc) is 3.23. The number of ketones is 1. The van der Waals surface area contributed by atoms with E-state index < -0.39 is 11.7 Å². The number of likely N-dealkylation sites (N-methyl/N-ethyl adjacent to an activating group) is 1. The Morgan fingerprint density at radius 1 is 1.12 bits per heavy atom. The summed E-state index contributed by atoms with van der Waals surface area (Å²) >= 11 is 0. The third-order valence-corrected chi connectivity index (χ3v) is 6.44. The van der Waals surface area contributed by atoms with E-state index in [0.29, 0.717) is 41.9 Å². The van der Waals surface area contributed by atoms with Crippen molar-refractivity contribution in [3.8, 4) is 0 Å². The molecule has 3 aromatic rings. The van der Waals surface area contributed by atoms with Crippen LogP contribution >= 0.6 is 0 Å². The fourth-order valence-electron chi connectivity index (χ4n) is 4.46. The molecule has 0 saturated carbocycles. The van der Waals surface area contributed by atoms with Gasteiger partial charge in [-0.15, -0.1) is 0 Å². The topological polar surface area (TPSA) is 98.4 Å². The number of pyridine rings is 1. The maximum Gasteiger partial charge on any atom is 0.292 e. The molecular formula is C25H28FN5O3. The summed E-state index contributed by atoms with van der Waals surface area (Å²) in [6, 6.07) is 8.16. The Labute approximate surface area is 197 Å². The molecule has 4 rings (SSSR count). The number of aromatic amines is 1. The van der Waals surface area contributed by atoms with E-state index in [1.165, 1.54) is 25.4 Å². The van der Waals surface area contributed by atoms with Crippen molar-refractivity contribution >= 4 is 28.6 Å². The summed E-state index contributed by atoms with van der Waals surface area (Å²) in [5.41, 5.74) is 2.61. The summed E-state index contributed by atoms with van der Waals surface area (Å²) in [6.45, 7) is 7.69. The van der Waals surface area contributed by atoms with Crippen LogP contribution in [-0.2, 0) is 11.3 Å². The first-order valence-electron chi connectivity index (χ1n) is 11.2. The number of nitrogens with one attached hydrogen (secondary N) is 2. The normalized spacial score (nSPS) is 18.8. The molecular weight excluding hydrogens is 437 g/mol. The maximum atomic E-state index is 13.6. The molecule has 8 nitrogen and oxygen atoms in total. The van der Waals surface area contributed by atoms with Gasteiger partial charge in [-0.05, 0) is 44.5 Å². The zero-order chi connectivity index (χ0) is 24.6. The van der Waals surface area contributed by atoms with Crippen molar-refractivity contribution in [1.82, 2.24) is 25.1 Å². The third kappa shape index (κ3) is 4.43. The van der Waals surface area contributed by atoms with Crippen LogP contribution in [0.1, 0.15) is 45.8 Å². The molecule has 34 heavy (non-hydrogen) atoms. The first-order chi connectivity index (χ1) is 16.2. The van der Waals surface area contributed by atoms with Gasteiger partial charge in [0.25, 0.3) is 17.6 Å². The van der Waals surface area contributed by atoms with Crippen molar-refractivity contribution in [1.29, 1.82) is 0 Å². The second kappa shape index (κ2) is 9.34. The van der Waals surface area contributed by atoms with E-state index in [9.17, 15) is 18.8 Å². The number of carbonyl (C=O) groups excluding carboxylic acids is 3. The number of hydrogen-bond acceptors (Lipinski definition) is 5. The highest BCUT2D eigenvalue weighted by Gasteiger charge is 2.33. The van der Waals surface area contributed by atoms with Gasteiger partial charge in [0, 0.05) is 50.3 Å². The lowest BCUT2D eigenvalue weighted by molar-refractivity contribution is -0.116. The van der Waals surface area contributed by atoms with Crippen molar-refractivity contribution in [2.24, 2.45) is 0 Å². The molecule has 0 aliphatic carbocycles. The number of piperazine rings is 1. The highest BCUT2D eigenvalue weighted by molar-refractivity contribution is 6.44. The zero-order valence-electron chi connectivity index (χ0n) is 19.7. The lowest BCUT2D eigenvalue weighted by Gasteiger charge is -2.44. The number of Topliss-reactive ketones (excluding diaryl/α,β-unsaturated/α-hetero) is 1. The second-order valence-electron chi connectivity index (χ2n) is 8.84. The van der Waals surface area contributed by atoms with Crippen LogP contribution in [0.3, 0.4) is 0 Å². The van der Waals surface area contributed by atoms with Crippen LogP contribution in [0.15, 0.2) is 36.5 Å². The minimum absolute atomic E-state index is 0.0579. The summed E-state index contributed by atoms with van der Waals surface area (Å²) in [4.78, 5) is 49.4. The van der Waals surface area contributed by atoms with E-state index >= 15 is 0 Å². The predicted octanol–water partition coefficient (Wildman–Crippen LogP) is 2.67. The molecule has 2 amide bonds. The molecule has 1 saturated heterocycles. The van der Waals surface area contributed by atoms with Crippen LogP contribution in [0.2, 0.25) is 0 Å². The van der Waals surface area contributed by atoms with Gasteiger partial charge >= 0.3 is 0 Å². The summed E-state index contributed by atoms with van der Waals surface area (Å²) in [6.07, 6.45) is 1.45. The van der Waals surface area contributed by atoms with Crippen molar-refractivity contribution in [3.63, 3.8) is 0 Å². The summed E-state index contributed by atoms with van der Waals surface area (Å²) in [5, 5.41) is 2.77. The molecule has 1 aromatic carbocycles. The first kappa shape index (κ1) is 23.6. The van der Waals surface area contributed by atoms with Crippen LogP contribution in [0, 0.1) is 12.7 Å². The number of halogens is 1. The summed E-state index contributed by atoms with van der Waals surface area (Å²) in [7, 11) is 1.39. The van der Waals surface area contributed by atoms with Gasteiger partial charge in [0.1, 0.15) is 11.5 Å². The van der Waals surface area contributed by atoms with Gasteiger partial charge in [0.15, 0.2) is 0 Å². The minimum atomic E-state index is -0.728. The van der Waals surface area contributed by atoms with Gasteiger partial charge in [-0.2, -0.15) is 0 Å². The van der Waals surface area contributed by atoms with Crippen molar-refractivity contribution in [2.45, 2.75) is 39.4 Å². The molecule has 2 atom stereocenters. The number of fused-ring (bicyclic) bond motifs is 1. The summed E-state index contributed by atoms with van der Waals surface area (Å²) < 4.78 is 13.2. The minimum Gasteiger partial charge on any atom is -0.352 e. The van der Waals surface area contributed by atoms with Crippen LogP contribution < -0.4 is 5.32 Å². The fraction of sp³-hybridized carbons (Fsp3) is 0.360. The predicted molar refractivity (Wildman–Crippen MR) is 126 cm³/mol. The van der Waals surface area contributed by atoms with E-state index in [1.54, 1.807) is 25.1 Å². The lowest BCUT2D eigenvalue weighted by atomic mass is 10.0.